The number of hydrogen-bond acceptors (Lipinski definition) is 2. The third kappa shape index (κ3) is 4.06. The first-order valence-corrected chi connectivity index (χ1v) is 6.54. The minimum absolute atomic E-state index is 0.0386. The molecule has 0 aliphatic heterocycles. The fourth-order valence-corrected chi connectivity index (χ4v) is 1.92. The lowest BCUT2D eigenvalue weighted by molar-refractivity contribution is -0.118. The standard InChI is InChI=1S/C14H9Cl2F2NO2/c15-9-2-1-3-11(14(9)18)19-13(20)7-21-12-5-4-8(17)6-10(12)16/h1-6H,7H2,(H,19,20). The van der Waals surface area contributed by atoms with Gasteiger partial charge in [0.05, 0.1) is 15.7 Å². The van der Waals surface area contributed by atoms with Gasteiger partial charge in [-0.25, -0.2) is 8.78 Å². The van der Waals surface area contributed by atoms with Crippen molar-refractivity contribution in [2.45, 2.75) is 0 Å². The predicted molar refractivity (Wildman–Crippen MR) is 76.9 cm³/mol. The Morgan fingerprint density at radius 1 is 1.14 bits per heavy atom. The molecule has 0 spiro atoms. The topological polar surface area (TPSA) is 38.3 Å². The number of anilines is 1. The van der Waals surface area contributed by atoms with E-state index in [-0.39, 0.29) is 21.5 Å². The first-order chi connectivity index (χ1) is 9.97. The minimum atomic E-state index is -0.729. The number of nitrogens with one attached hydrogen (secondary N) is 1. The highest BCUT2D eigenvalue weighted by Gasteiger charge is 2.11. The van der Waals surface area contributed by atoms with Crippen LogP contribution >= 0.6 is 23.2 Å². The van der Waals surface area contributed by atoms with Gasteiger partial charge in [-0.15, -0.1) is 0 Å². The van der Waals surface area contributed by atoms with E-state index in [0.717, 1.165) is 12.1 Å². The molecule has 1 N–H and O–H groups in total. The molecule has 0 saturated carbocycles. The molecular formula is C14H9Cl2F2NO2. The van der Waals surface area contributed by atoms with E-state index >= 15 is 0 Å². The number of carbonyl (C=O) groups excluding carboxylic acids is 1. The molecule has 2 rings (SSSR count). The van der Waals surface area contributed by atoms with Gasteiger partial charge in [-0.05, 0) is 30.3 Å². The quantitative estimate of drug-likeness (QED) is 0.907. The molecule has 2 aromatic rings. The number of carbonyl (C=O) groups is 1. The lowest BCUT2D eigenvalue weighted by Crippen LogP contribution is -2.21. The van der Waals surface area contributed by atoms with Gasteiger partial charge in [-0.3, -0.25) is 4.79 Å². The van der Waals surface area contributed by atoms with Crippen LogP contribution in [0.25, 0.3) is 0 Å². The van der Waals surface area contributed by atoms with Crippen LogP contribution in [0.1, 0.15) is 0 Å². The average molecular weight is 332 g/mol. The summed E-state index contributed by atoms with van der Waals surface area (Å²) in [5, 5.41) is 2.25. The van der Waals surface area contributed by atoms with Crippen molar-refractivity contribution in [1.82, 2.24) is 0 Å². The van der Waals surface area contributed by atoms with E-state index in [1.165, 1.54) is 24.3 Å². The van der Waals surface area contributed by atoms with E-state index in [4.69, 9.17) is 27.9 Å². The third-order valence-corrected chi connectivity index (χ3v) is 3.07. The normalized spacial score (nSPS) is 10.3. The molecule has 21 heavy (non-hydrogen) atoms. The Balaban J connectivity index is 1.97. The minimum Gasteiger partial charge on any atom is -0.482 e. The maximum atomic E-state index is 13.6. The molecule has 0 aromatic heterocycles. The van der Waals surface area contributed by atoms with E-state index in [0.29, 0.717) is 0 Å². The molecule has 3 nitrogen and oxygen atoms in total. The molecule has 0 fully saturated rings. The number of hydrogen-bond donors (Lipinski definition) is 1. The lowest BCUT2D eigenvalue weighted by atomic mass is 10.3. The fraction of sp³-hybridized carbons (Fsp3) is 0.0714. The summed E-state index contributed by atoms with van der Waals surface area (Å²) in [5.41, 5.74) is -0.0543. The van der Waals surface area contributed by atoms with Crippen molar-refractivity contribution < 1.29 is 18.3 Å². The Hall–Kier alpha value is -1.85. The smallest absolute Gasteiger partial charge is 0.262 e. The van der Waals surface area contributed by atoms with Crippen molar-refractivity contribution >= 4 is 34.8 Å². The Morgan fingerprint density at radius 2 is 1.90 bits per heavy atom. The highest BCUT2D eigenvalue weighted by molar-refractivity contribution is 6.32. The summed E-state index contributed by atoms with van der Waals surface area (Å²) in [6, 6.07) is 7.73. The van der Waals surface area contributed by atoms with Crippen molar-refractivity contribution in [2.24, 2.45) is 0 Å². The zero-order chi connectivity index (χ0) is 15.4. The van der Waals surface area contributed by atoms with Crippen molar-refractivity contribution in [1.29, 1.82) is 0 Å². The Labute approximate surface area is 129 Å². The maximum absolute atomic E-state index is 13.6. The summed E-state index contributed by atoms with van der Waals surface area (Å²) in [6.07, 6.45) is 0. The lowest BCUT2D eigenvalue weighted by Gasteiger charge is -2.09. The van der Waals surface area contributed by atoms with Crippen molar-refractivity contribution in [3.8, 4) is 5.75 Å². The Bertz CT molecular complexity index is 680. The van der Waals surface area contributed by atoms with Crippen LogP contribution in [0.3, 0.4) is 0 Å². The zero-order valence-electron chi connectivity index (χ0n) is 10.5. The molecule has 0 unspecified atom stereocenters. The van der Waals surface area contributed by atoms with E-state index in [9.17, 15) is 13.6 Å². The molecule has 0 atom stereocenters. The molecule has 0 heterocycles. The largest absolute Gasteiger partial charge is 0.482 e. The Morgan fingerprint density at radius 3 is 2.62 bits per heavy atom. The molecule has 110 valence electrons. The third-order valence-electron chi connectivity index (χ3n) is 2.48. The van der Waals surface area contributed by atoms with Gasteiger partial charge < -0.3 is 10.1 Å². The van der Waals surface area contributed by atoms with Crippen molar-refractivity contribution in [2.75, 3.05) is 11.9 Å². The number of benzene rings is 2. The molecule has 0 radical (unpaired) electrons. The summed E-state index contributed by atoms with van der Waals surface area (Å²) >= 11 is 11.3. The molecular weight excluding hydrogens is 323 g/mol. The van der Waals surface area contributed by atoms with Crippen LogP contribution < -0.4 is 10.1 Å². The molecule has 1 amide bonds. The second-order valence-corrected chi connectivity index (χ2v) is 4.83. The second-order valence-electron chi connectivity index (χ2n) is 4.01. The fourth-order valence-electron chi connectivity index (χ4n) is 1.52. The first kappa shape index (κ1) is 15.5. The van der Waals surface area contributed by atoms with E-state index in [1.807, 2.05) is 0 Å². The maximum Gasteiger partial charge on any atom is 0.262 e. The van der Waals surface area contributed by atoms with Crippen LogP contribution in [-0.2, 0) is 4.79 Å². The molecule has 0 aliphatic carbocycles. The van der Waals surface area contributed by atoms with Gasteiger partial charge >= 0.3 is 0 Å². The van der Waals surface area contributed by atoms with E-state index in [1.54, 1.807) is 0 Å². The SMILES string of the molecule is O=C(COc1ccc(F)cc1Cl)Nc1cccc(Cl)c1F. The van der Waals surface area contributed by atoms with E-state index in [2.05, 4.69) is 5.32 Å². The number of halogens is 4. The molecule has 2 aromatic carbocycles. The van der Waals surface area contributed by atoms with Crippen LogP contribution in [0.2, 0.25) is 10.0 Å². The zero-order valence-corrected chi connectivity index (χ0v) is 12.0. The van der Waals surface area contributed by atoms with Gasteiger partial charge in [0.25, 0.3) is 5.91 Å². The van der Waals surface area contributed by atoms with Gasteiger partial charge in [-0.2, -0.15) is 0 Å². The van der Waals surface area contributed by atoms with Crippen LogP contribution in [-0.4, -0.2) is 12.5 Å². The van der Waals surface area contributed by atoms with Crippen LogP contribution in [0.15, 0.2) is 36.4 Å². The van der Waals surface area contributed by atoms with Gasteiger partial charge in [0.15, 0.2) is 12.4 Å². The summed E-state index contributed by atoms with van der Waals surface area (Å²) in [6.45, 7) is -0.405. The van der Waals surface area contributed by atoms with Gasteiger partial charge in [-0.1, -0.05) is 29.3 Å². The highest BCUT2D eigenvalue weighted by Crippen LogP contribution is 2.25. The molecule has 0 aliphatic rings. The summed E-state index contributed by atoms with van der Waals surface area (Å²) in [4.78, 5) is 11.7. The summed E-state index contributed by atoms with van der Waals surface area (Å²) < 4.78 is 31.6. The number of ether oxygens (including phenoxy) is 1. The summed E-state index contributed by atoms with van der Waals surface area (Å²) in [5.74, 6) is -1.69. The summed E-state index contributed by atoms with van der Waals surface area (Å²) in [7, 11) is 0. The van der Waals surface area contributed by atoms with Gasteiger partial charge in [0.2, 0.25) is 0 Å². The van der Waals surface area contributed by atoms with Crippen LogP contribution in [0, 0.1) is 11.6 Å². The monoisotopic (exact) mass is 331 g/mol. The van der Waals surface area contributed by atoms with E-state index < -0.39 is 24.1 Å². The predicted octanol–water partition coefficient (Wildman–Crippen LogP) is 4.29. The molecule has 0 saturated heterocycles. The Kier molecular flexibility index (Phi) is 4.98. The number of rotatable bonds is 4. The highest BCUT2D eigenvalue weighted by atomic mass is 35.5. The van der Waals surface area contributed by atoms with Gasteiger partial charge in [0.1, 0.15) is 11.6 Å². The average Bonchev–Trinajstić information content (AvgIpc) is 2.43. The molecule has 0 bridgehead atoms. The first-order valence-electron chi connectivity index (χ1n) is 5.79. The van der Waals surface area contributed by atoms with Crippen LogP contribution in [0.4, 0.5) is 14.5 Å². The van der Waals surface area contributed by atoms with Crippen LogP contribution in [0.5, 0.6) is 5.75 Å². The van der Waals surface area contributed by atoms with Gasteiger partial charge in [0, 0.05) is 0 Å². The number of amides is 1. The van der Waals surface area contributed by atoms with Crippen molar-refractivity contribution in [3.63, 3.8) is 0 Å². The van der Waals surface area contributed by atoms with Crippen molar-refractivity contribution in [3.05, 3.63) is 58.1 Å². The second kappa shape index (κ2) is 6.74. The molecule has 7 heteroatoms.